The Morgan fingerprint density at radius 3 is 2.47 bits per heavy atom. The van der Waals surface area contributed by atoms with Crippen LogP contribution in [0.4, 0.5) is 11.4 Å². The number of rotatable bonds is 2. The lowest BCUT2D eigenvalue weighted by Gasteiger charge is -2.08. The average Bonchev–Trinajstić information content (AvgIpc) is 2.34. The van der Waals surface area contributed by atoms with Gasteiger partial charge in [-0.15, -0.1) is 0 Å². The molecule has 0 radical (unpaired) electrons. The van der Waals surface area contributed by atoms with E-state index in [1.165, 1.54) is 3.57 Å². The number of aryl methyl sites for hydroxylation is 1. The first-order chi connectivity index (χ1) is 8.19. The first-order valence-corrected chi connectivity index (χ1v) is 6.30. The Hall–Kier alpha value is -1.54. The van der Waals surface area contributed by atoms with Gasteiger partial charge in [0, 0.05) is 9.26 Å². The number of nitrogens with one attached hydrogen (secondary N) is 1. The summed E-state index contributed by atoms with van der Waals surface area (Å²) in [6.45, 7) is 1.98. The molecule has 0 saturated heterocycles. The van der Waals surface area contributed by atoms with Crippen molar-refractivity contribution in [1.82, 2.24) is 0 Å². The molecule has 0 fully saturated rings. The van der Waals surface area contributed by atoms with Gasteiger partial charge in [0.25, 0.3) is 0 Å². The maximum atomic E-state index is 9.07. The quantitative estimate of drug-likeness (QED) is 0.835. The zero-order valence-electron chi connectivity index (χ0n) is 9.37. The molecule has 2 aromatic rings. The molecule has 0 aromatic heterocycles. The van der Waals surface area contributed by atoms with Gasteiger partial charge in [0.1, 0.15) is 6.07 Å². The Balaban J connectivity index is 2.30. The number of hydrogen-bond donors (Lipinski definition) is 1. The van der Waals surface area contributed by atoms with Crippen molar-refractivity contribution in [3.8, 4) is 6.07 Å². The van der Waals surface area contributed by atoms with Crippen molar-refractivity contribution < 1.29 is 0 Å². The molecule has 0 bridgehead atoms. The van der Waals surface area contributed by atoms with Gasteiger partial charge in [0.15, 0.2) is 0 Å². The third-order valence-electron chi connectivity index (χ3n) is 2.42. The van der Waals surface area contributed by atoms with Crippen molar-refractivity contribution in [2.75, 3.05) is 5.32 Å². The topological polar surface area (TPSA) is 35.8 Å². The van der Waals surface area contributed by atoms with E-state index in [1.54, 1.807) is 0 Å². The third-order valence-corrected chi connectivity index (χ3v) is 3.14. The van der Waals surface area contributed by atoms with Crippen LogP contribution in [0.3, 0.4) is 0 Å². The summed E-state index contributed by atoms with van der Waals surface area (Å²) in [4.78, 5) is 0. The Morgan fingerprint density at radius 2 is 1.82 bits per heavy atom. The van der Waals surface area contributed by atoms with Crippen LogP contribution in [-0.2, 0) is 0 Å². The molecule has 1 N–H and O–H groups in total. The Kier molecular flexibility index (Phi) is 3.64. The van der Waals surface area contributed by atoms with Gasteiger partial charge in [-0.25, -0.2) is 0 Å². The van der Waals surface area contributed by atoms with Crippen molar-refractivity contribution in [3.05, 3.63) is 57.2 Å². The molecular formula is C14H11IN2. The van der Waals surface area contributed by atoms with E-state index >= 15 is 0 Å². The highest BCUT2D eigenvalue weighted by atomic mass is 127. The van der Waals surface area contributed by atoms with E-state index in [4.69, 9.17) is 5.26 Å². The third kappa shape index (κ3) is 2.98. The fourth-order valence-corrected chi connectivity index (χ4v) is 1.91. The van der Waals surface area contributed by atoms with Gasteiger partial charge in [0.2, 0.25) is 0 Å². The molecule has 0 spiro atoms. The summed E-state index contributed by atoms with van der Waals surface area (Å²) >= 11 is 2.27. The van der Waals surface area contributed by atoms with Gasteiger partial charge in [-0.3, -0.25) is 0 Å². The first-order valence-electron chi connectivity index (χ1n) is 5.22. The molecule has 84 valence electrons. The standard InChI is InChI=1S/C14H11IN2/c1-10-2-7-14(11(8-10)9-16)17-13-5-3-12(15)4-6-13/h2-8,17H,1H3. The summed E-state index contributed by atoms with van der Waals surface area (Å²) in [5, 5.41) is 12.3. The van der Waals surface area contributed by atoms with Gasteiger partial charge in [-0.1, -0.05) is 6.07 Å². The summed E-state index contributed by atoms with van der Waals surface area (Å²) in [5.74, 6) is 0. The maximum absolute atomic E-state index is 9.07. The van der Waals surface area contributed by atoms with Crippen LogP contribution >= 0.6 is 22.6 Å². The van der Waals surface area contributed by atoms with Crippen LogP contribution in [-0.4, -0.2) is 0 Å². The van der Waals surface area contributed by atoms with Gasteiger partial charge < -0.3 is 5.32 Å². The molecule has 2 aromatic carbocycles. The Bertz CT molecular complexity index is 568. The molecule has 2 nitrogen and oxygen atoms in total. The van der Waals surface area contributed by atoms with E-state index in [0.29, 0.717) is 5.56 Å². The lowest BCUT2D eigenvalue weighted by atomic mass is 10.1. The van der Waals surface area contributed by atoms with Crippen molar-refractivity contribution in [3.63, 3.8) is 0 Å². The number of nitriles is 1. The van der Waals surface area contributed by atoms with Gasteiger partial charge in [-0.05, 0) is 71.5 Å². The SMILES string of the molecule is Cc1ccc(Nc2ccc(I)cc2)c(C#N)c1. The minimum Gasteiger partial charge on any atom is -0.354 e. The predicted octanol–water partition coefficient (Wildman–Crippen LogP) is 4.21. The zero-order valence-corrected chi connectivity index (χ0v) is 11.5. The number of benzene rings is 2. The highest BCUT2D eigenvalue weighted by Gasteiger charge is 2.02. The van der Waals surface area contributed by atoms with Crippen molar-refractivity contribution >= 4 is 34.0 Å². The lowest BCUT2D eigenvalue weighted by molar-refractivity contribution is 1.40. The van der Waals surface area contributed by atoms with Crippen LogP contribution in [0.25, 0.3) is 0 Å². The number of hydrogen-bond acceptors (Lipinski definition) is 2. The van der Waals surface area contributed by atoms with Gasteiger partial charge in [-0.2, -0.15) is 5.26 Å². The summed E-state index contributed by atoms with van der Waals surface area (Å²) < 4.78 is 1.19. The minimum atomic E-state index is 0.670. The van der Waals surface area contributed by atoms with E-state index < -0.39 is 0 Å². The van der Waals surface area contributed by atoms with Crippen LogP contribution in [0.15, 0.2) is 42.5 Å². The van der Waals surface area contributed by atoms with E-state index in [-0.39, 0.29) is 0 Å². The maximum Gasteiger partial charge on any atom is 0.101 e. The minimum absolute atomic E-state index is 0.670. The molecule has 0 unspecified atom stereocenters. The summed E-state index contributed by atoms with van der Waals surface area (Å²) in [6.07, 6.45) is 0. The second-order valence-corrected chi connectivity index (χ2v) is 5.04. The molecule has 0 saturated carbocycles. The molecule has 0 aliphatic carbocycles. The molecule has 0 atom stereocenters. The van der Waals surface area contributed by atoms with Gasteiger partial charge in [0.05, 0.1) is 11.3 Å². The van der Waals surface area contributed by atoms with Crippen molar-refractivity contribution in [2.24, 2.45) is 0 Å². The van der Waals surface area contributed by atoms with E-state index in [2.05, 4.69) is 34.0 Å². The van der Waals surface area contributed by atoms with E-state index in [0.717, 1.165) is 16.9 Å². The summed E-state index contributed by atoms with van der Waals surface area (Å²) in [5.41, 5.74) is 3.60. The molecule has 0 heterocycles. The van der Waals surface area contributed by atoms with Crippen molar-refractivity contribution in [1.29, 1.82) is 5.26 Å². The highest BCUT2D eigenvalue weighted by Crippen LogP contribution is 2.22. The highest BCUT2D eigenvalue weighted by molar-refractivity contribution is 14.1. The number of nitrogens with zero attached hydrogens (tertiary/aromatic N) is 1. The Morgan fingerprint density at radius 1 is 1.12 bits per heavy atom. The van der Waals surface area contributed by atoms with Crippen LogP contribution in [0.2, 0.25) is 0 Å². The summed E-state index contributed by atoms with van der Waals surface area (Å²) in [7, 11) is 0. The van der Waals surface area contributed by atoms with Gasteiger partial charge >= 0.3 is 0 Å². The smallest absolute Gasteiger partial charge is 0.101 e. The molecule has 17 heavy (non-hydrogen) atoms. The normalized spacial score (nSPS) is 9.71. The van der Waals surface area contributed by atoms with Crippen LogP contribution in [0.1, 0.15) is 11.1 Å². The average molecular weight is 334 g/mol. The zero-order chi connectivity index (χ0) is 12.3. The monoisotopic (exact) mass is 334 g/mol. The fraction of sp³-hybridized carbons (Fsp3) is 0.0714. The largest absolute Gasteiger partial charge is 0.354 e. The molecule has 0 aliphatic heterocycles. The second kappa shape index (κ2) is 5.19. The predicted molar refractivity (Wildman–Crippen MR) is 78.3 cm³/mol. The van der Waals surface area contributed by atoms with E-state index in [1.807, 2.05) is 49.4 Å². The van der Waals surface area contributed by atoms with Crippen LogP contribution in [0.5, 0.6) is 0 Å². The molecular weight excluding hydrogens is 323 g/mol. The molecule has 2 rings (SSSR count). The second-order valence-electron chi connectivity index (χ2n) is 3.79. The van der Waals surface area contributed by atoms with Crippen LogP contribution in [0, 0.1) is 21.8 Å². The molecule has 0 aliphatic rings. The van der Waals surface area contributed by atoms with E-state index in [9.17, 15) is 0 Å². The van der Waals surface area contributed by atoms with Crippen LogP contribution < -0.4 is 5.32 Å². The fourth-order valence-electron chi connectivity index (χ4n) is 1.55. The van der Waals surface area contributed by atoms with Crippen molar-refractivity contribution in [2.45, 2.75) is 6.92 Å². The number of halogens is 1. The molecule has 3 heteroatoms. The molecule has 0 amide bonds. The lowest BCUT2D eigenvalue weighted by Crippen LogP contribution is -1.94. The first kappa shape index (κ1) is 11.9. The summed E-state index contributed by atoms with van der Waals surface area (Å²) in [6, 6.07) is 16.1. The Labute approximate surface area is 114 Å². The number of anilines is 2.